The molecule has 0 saturated heterocycles. The van der Waals surface area contributed by atoms with Crippen molar-refractivity contribution in [2.75, 3.05) is 14.1 Å². The van der Waals surface area contributed by atoms with Gasteiger partial charge in [0.05, 0.1) is 6.17 Å². The standard InChI is InChI=1S/C8H20N2/c1-4-5-6-7-8(9-2)10-3/h8-10H,4-7H2,1-3H3. The van der Waals surface area contributed by atoms with Gasteiger partial charge in [-0.25, -0.2) is 0 Å². The lowest BCUT2D eigenvalue weighted by Crippen LogP contribution is -2.37. The van der Waals surface area contributed by atoms with Gasteiger partial charge < -0.3 is 10.6 Å². The van der Waals surface area contributed by atoms with Crippen LogP contribution in [0.5, 0.6) is 0 Å². The maximum Gasteiger partial charge on any atom is 0.0566 e. The van der Waals surface area contributed by atoms with Crippen molar-refractivity contribution in [3.63, 3.8) is 0 Å². The molecule has 2 heteroatoms. The Kier molecular flexibility index (Phi) is 6.98. The summed E-state index contributed by atoms with van der Waals surface area (Å²) in [6, 6.07) is 0. The molecule has 10 heavy (non-hydrogen) atoms. The zero-order valence-electron chi connectivity index (χ0n) is 7.41. The van der Waals surface area contributed by atoms with Gasteiger partial charge in [0.15, 0.2) is 0 Å². The molecule has 0 aromatic rings. The zero-order valence-corrected chi connectivity index (χ0v) is 7.41. The van der Waals surface area contributed by atoms with Gasteiger partial charge in [-0.05, 0) is 20.5 Å². The first-order chi connectivity index (χ1) is 4.85. The molecule has 0 aliphatic carbocycles. The third kappa shape index (κ3) is 4.77. The number of hydrogen-bond donors (Lipinski definition) is 2. The van der Waals surface area contributed by atoms with Crippen molar-refractivity contribution < 1.29 is 0 Å². The molecule has 0 fully saturated rings. The maximum atomic E-state index is 3.20. The van der Waals surface area contributed by atoms with E-state index in [2.05, 4.69) is 17.6 Å². The molecule has 0 aliphatic rings. The fourth-order valence-electron chi connectivity index (χ4n) is 1.03. The summed E-state index contributed by atoms with van der Waals surface area (Å²) < 4.78 is 0. The smallest absolute Gasteiger partial charge is 0.0566 e. The summed E-state index contributed by atoms with van der Waals surface area (Å²) in [6.45, 7) is 2.23. The largest absolute Gasteiger partial charge is 0.305 e. The zero-order chi connectivity index (χ0) is 7.82. The first-order valence-electron chi connectivity index (χ1n) is 4.19. The molecule has 0 atom stereocenters. The van der Waals surface area contributed by atoms with Crippen molar-refractivity contribution in [3.05, 3.63) is 0 Å². The molecule has 0 aliphatic heterocycles. The van der Waals surface area contributed by atoms with Gasteiger partial charge in [-0.3, -0.25) is 0 Å². The van der Waals surface area contributed by atoms with E-state index in [1.807, 2.05) is 14.1 Å². The van der Waals surface area contributed by atoms with E-state index < -0.39 is 0 Å². The Hall–Kier alpha value is -0.0800. The van der Waals surface area contributed by atoms with E-state index in [1.165, 1.54) is 25.7 Å². The van der Waals surface area contributed by atoms with E-state index in [4.69, 9.17) is 0 Å². The van der Waals surface area contributed by atoms with Gasteiger partial charge in [-0.1, -0.05) is 26.2 Å². The number of hydrogen-bond acceptors (Lipinski definition) is 2. The third-order valence-electron chi connectivity index (χ3n) is 1.79. The average Bonchev–Trinajstić information content (AvgIpc) is 1.99. The van der Waals surface area contributed by atoms with Gasteiger partial charge in [-0.15, -0.1) is 0 Å². The van der Waals surface area contributed by atoms with Crippen molar-refractivity contribution in [2.45, 2.75) is 38.8 Å². The van der Waals surface area contributed by atoms with Crippen molar-refractivity contribution in [3.8, 4) is 0 Å². The lowest BCUT2D eigenvalue weighted by molar-refractivity contribution is 0.441. The van der Waals surface area contributed by atoms with Crippen molar-refractivity contribution >= 4 is 0 Å². The molecule has 0 bridgehead atoms. The fraction of sp³-hybridized carbons (Fsp3) is 1.00. The van der Waals surface area contributed by atoms with Crippen LogP contribution in [0.1, 0.15) is 32.6 Å². The first kappa shape index (κ1) is 9.92. The minimum absolute atomic E-state index is 0.506. The molecule has 0 rings (SSSR count). The maximum absolute atomic E-state index is 3.20. The molecule has 0 aromatic heterocycles. The highest BCUT2D eigenvalue weighted by Crippen LogP contribution is 2.00. The molecule has 2 N–H and O–H groups in total. The Morgan fingerprint density at radius 3 is 2.10 bits per heavy atom. The van der Waals surface area contributed by atoms with Crippen LogP contribution in [0.15, 0.2) is 0 Å². The summed E-state index contributed by atoms with van der Waals surface area (Å²) in [5.41, 5.74) is 0. The summed E-state index contributed by atoms with van der Waals surface area (Å²) in [5, 5.41) is 6.40. The van der Waals surface area contributed by atoms with Crippen LogP contribution < -0.4 is 10.6 Å². The lowest BCUT2D eigenvalue weighted by atomic mass is 10.2. The van der Waals surface area contributed by atoms with Crippen LogP contribution in [-0.2, 0) is 0 Å². The van der Waals surface area contributed by atoms with Crippen LogP contribution in [0.4, 0.5) is 0 Å². The molecule has 0 spiro atoms. The first-order valence-corrected chi connectivity index (χ1v) is 4.19. The van der Waals surface area contributed by atoms with E-state index in [1.54, 1.807) is 0 Å². The second-order valence-corrected chi connectivity index (χ2v) is 2.63. The quantitative estimate of drug-likeness (QED) is 0.434. The van der Waals surface area contributed by atoms with Crippen LogP contribution in [0, 0.1) is 0 Å². The molecule has 0 saturated carbocycles. The van der Waals surface area contributed by atoms with E-state index in [9.17, 15) is 0 Å². The Morgan fingerprint density at radius 1 is 1.10 bits per heavy atom. The number of rotatable bonds is 6. The molecule has 0 aromatic carbocycles. The van der Waals surface area contributed by atoms with Crippen molar-refractivity contribution in [1.29, 1.82) is 0 Å². The van der Waals surface area contributed by atoms with Crippen LogP contribution in [0.3, 0.4) is 0 Å². The second kappa shape index (κ2) is 7.03. The van der Waals surface area contributed by atoms with Gasteiger partial charge in [0.25, 0.3) is 0 Å². The molecular formula is C8H20N2. The highest BCUT2D eigenvalue weighted by atomic mass is 15.1. The molecule has 0 heterocycles. The van der Waals surface area contributed by atoms with Crippen LogP contribution >= 0.6 is 0 Å². The lowest BCUT2D eigenvalue weighted by Gasteiger charge is -2.13. The van der Waals surface area contributed by atoms with Gasteiger partial charge in [-0.2, -0.15) is 0 Å². The van der Waals surface area contributed by atoms with Gasteiger partial charge in [0, 0.05) is 0 Å². The predicted octanol–water partition coefficient (Wildman–Crippen LogP) is 1.33. The summed E-state index contributed by atoms with van der Waals surface area (Å²) in [7, 11) is 3.99. The Morgan fingerprint density at radius 2 is 1.70 bits per heavy atom. The van der Waals surface area contributed by atoms with E-state index in [0.29, 0.717) is 6.17 Å². The van der Waals surface area contributed by atoms with Crippen LogP contribution in [0.25, 0.3) is 0 Å². The number of unbranched alkanes of at least 4 members (excludes halogenated alkanes) is 2. The third-order valence-corrected chi connectivity index (χ3v) is 1.79. The molecular weight excluding hydrogens is 124 g/mol. The second-order valence-electron chi connectivity index (χ2n) is 2.63. The highest BCUT2D eigenvalue weighted by molar-refractivity contribution is 4.57. The Bertz CT molecular complexity index is 60.3. The SMILES string of the molecule is CCCCCC(NC)NC. The minimum Gasteiger partial charge on any atom is -0.305 e. The Balaban J connectivity index is 3.09. The number of nitrogens with one attached hydrogen (secondary N) is 2. The fourth-order valence-corrected chi connectivity index (χ4v) is 1.03. The average molecular weight is 144 g/mol. The van der Waals surface area contributed by atoms with Gasteiger partial charge in [0.1, 0.15) is 0 Å². The van der Waals surface area contributed by atoms with Crippen LogP contribution in [-0.4, -0.2) is 20.3 Å². The predicted molar refractivity (Wildman–Crippen MR) is 46.0 cm³/mol. The van der Waals surface area contributed by atoms with Gasteiger partial charge in [0.2, 0.25) is 0 Å². The molecule has 0 unspecified atom stereocenters. The molecule has 62 valence electrons. The summed E-state index contributed by atoms with van der Waals surface area (Å²) in [6.07, 6.45) is 5.72. The minimum atomic E-state index is 0.506. The van der Waals surface area contributed by atoms with Crippen molar-refractivity contribution in [2.24, 2.45) is 0 Å². The summed E-state index contributed by atoms with van der Waals surface area (Å²) in [5.74, 6) is 0. The molecule has 0 amide bonds. The molecule has 0 radical (unpaired) electrons. The molecule has 2 nitrogen and oxygen atoms in total. The van der Waals surface area contributed by atoms with Gasteiger partial charge >= 0.3 is 0 Å². The topological polar surface area (TPSA) is 24.1 Å². The Labute approximate surface area is 64.4 Å². The monoisotopic (exact) mass is 144 g/mol. The van der Waals surface area contributed by atoms with E-state index in [-0.39, 0.29) is 0 Å². The summed E-state index contributed by atoms with van der Waals surface area (Å²) >= 11 is 0. The van der Waals surface area contributed by atoms with E-state index >= 15 is 0 Å². The van der Waals surface area contributed by atoms with Crippen molar-refractivity contribution in [1.82, 2.24) is 10.6 Å². The van der Waals surface area contributed by atoms with E-state index in [0.717, 1.165) is 0 Å². The summed E-state index contributed by atoms with van der Waals surface area (Å²) in [4.78, 5) is 0. The van der Waals surface area contributed by atoms with Crippen LogP contribution in [0.2, 0.25) is 0 Å². The highest BCUT2D eigenvalue weighted by Gasteiger charge is 1.99. The normalized spacial score (nSPS) is 10.8.